The monoisotopic (exact) mass is 516 g/mol. The summed E-state index contributed by atoms with van der Waals surface area (Å²) in [6, 6.07) is 9.20. The fourth-order valence-corrected chi connectivity index (χ4v) is 4.43. The predicted molar refractivity (Wildman–Crippen MR) is 126 cm³/mol. The standard InChI is InChI=1S/C24H19F3N4O4S/c1-30-7-8-31(13-21(30)32)23-29-22(33)20(36-23)11-14-3-6-18(19(10-14)34-2)35-17-5-4-15(12-28)9-16(17)24(25,26)27/h3-6,9-11H,7-8,13H2,1-2H3/b20-11+. The van der Waals surface area contributed by atoms with Crippen LogP contribution in [-0.2, 0) is 15.8 Å². The number of methoxy groups -OCH3 is 1. The van der Waals surface area contributed by atoms with Gasteiger partial charge in [-0.05, 0) is 53.7 Å². The maximum atomic E-state index is 13.5. The van der Waals surface area contributed by atoms with Crippen molar-refractivity contribution in [3.8, 4) is 23.3 Å². The summed E-state index contributed by atoms with van der Waals surface area (Å²) in [4.78, 5) is 32.2. The average molecular weight is 517 g/mol. The van der Waals surface area contributed by atoms with Crippen molar-refractivity contribution in [1.82, 2.24) is 9.80 Å². The van der Waals surface area contributed by atoms with Gasteiger partial charge >= 0.3 is 6.18 Å². The highest BCUT2D eigenvalue weighted by Gasteiger charge is 2.35. The van der Waals surface area contributed by atoms with Gasteiger partial charge < -0.3 is 19.3 Å². The molecule has 2 aromatic rings. The van der Waals surface area contributed by atoms with E-state index >= 15 is 0 Å². The maximum Gasteiger partial charge on any atom is 0.420 e. The molecule has 0 saturated carbocycles. The Morgan fingerprint density at radius 1 is 1.11 bits per heavy atom. The van der Waals surface area contributed by atoms with Crippen LogP contribution >= 0.6 is 11.8 Å². The zero-order valence-corrected chi connectivity index (χ0v) is 19.9. The number of hydrogen-bond acceptors (Lipinski definition) is 7. The molecule has 2 amide bonds. The maximum absolute atomic E-state index is 13.5. The highest BCUT2D eigenvalue weighted by Crippen LogP contribution is 2.41. The van der Waals surface area contributed by atoms with Gasteiger partial charge in [0.25, 0.3) is 5.91 Å². The molecular weight excluding hydrogens is 497 g/mol. The number of halogens is 3. The number of rotatable bonds is 4. The van der Waals surface area contributed by atoms with Crippen LogP contribution in [0.3, 0.4) is 0 Å². The van der Waals surface area contributed by atoms with Crippen LogP contribution in [0, 0.1) is 11.3 Å². The third-order valence-electron chi connectivity index (χ3n) is 5.46. The zero-order chi connectivity index (χ0) is 26.0. The van der Waals surface area contributed by atoms with Crippen LogP contribution < -0.4 is 9.47 Å². The van der Waals surface area contributed by atoms with Gasteiger partial charge in [-0.2, -0.15) is 23.4 Å². The van der Waals surface area contributed by atoms with Gasteiger partial charge in [0.15, 0.2) is 16.7 Å². The lowest BCUT2D eigenvalue weighted by Gasteiger charge is -2.32. The van der Waals surface area contributed by atoms with E-state index < -0.39 is 23.4 Å². The van der Waals surface area contributed by atoms with Crippen molar-refractivity contribution in [2.75, 3.05) is 33.8 Å². The first-order chi connectivity index (χ1) is 17.1. The Kier molecular flexibility index (Phi) is 6.94. The first-order valence-corrected chi connectivity index (χ1v) is 11.4. The van der Waals surface area contributed by atoms with E-state index in [1.165, 1.54) is 25.3 Å². The summed E-state index contributed by atoms with van der Waals surface area (Å²) in [7, 11) is 3.05. The van der Waals surface area contributed by atoms with Crippen LogP contribution in [0.15, 0.2) is 46.3 Å². The third-order valence-corrected chi connectivity index (χ3v) is 6.50. The summed E-state index contributed by atoms with van der Waals surface area (Å²) in [5.74, 6) is -0.831. The molecule has 1 fully saturated rings. The fraction of sp³-hybridized carbons (Fsp3) is 0.250. The number of amides is 2. The topological polar surface area (TPSA) is 95.2 Å². The van der Waals surface area contributed by atoms with Gasteiger partial charge in [-0.1, -0.05) is 6.07 Å². The molecule has 186 valence electrons. The smallest absolute Gasteiger partial charge is 0.420 e. The number of aliphatic imine (C=N–C) groups is 1. The number of carbonyl (C=O) groups excluding carboxylic acids is 2. The summed E-state index contributed by atoms with van der Waals surface area (Å²) in [6.07, 6.45) is -3.15. The minimum absolute atomic E-state index is 0.0214. The summed E-state index contributed by atoms with van der Waals surface area (Å²) in [5, 5.41) is 9.38. The third kappa shape index (κ3) is 5.31. The zero-order valence-electron chi connectivity index (χ0n) is 19.1. The molecule has 0 aromatic heterocycles. The van der Waals surface area contributed by atoms with Gasteiger partial charge in [0.05, 0.1) is 35.8 Å². The Morgan fingerprint density at radius 3 is 2.53 bits per heavy atom. The van der Waals surface area contributed by atoms with E-state index in [9.17, 15) is 22.8 Å². The molecular formula is C24H19F3N4O4S. The van der Waals surface area contributed by atoms with Crippen LogP contribution in [0.25, 0.3) is 6.08 Å². The lowest BCUT2D eigenvalue weighted by molar-refractivity contribution is -0.138. The Balaban J connectivity index is 1.55. The lowest BCUT2D eigenvalue weighted by atomic mass is 10.1. The van der Waals surface area contributed by atoms with Crippen LogP contribution in [0.1, 0.15) is 16.7 Å². The fourth-order valence-electron chi connectivity index (χ4n) is 3.49. The second-order valence-corrected chi connectivity index (χ2v) is 8.89. The molecule has 36 heavy (non-hydrogen) atoms. The van der Waals surface area contributed by atoms with Crippen molar-refractivity contribution in [1.29, 1.82) is 5.26 Å². The number of thioether (sulfide) groups is 1. The molecule has 0 unspecified atom stereocenters. The van der Waals surface area contributed by atoms with E-state index in [-0.39, 0.29) is 29.5 Å². The molecule has 1 saturated heterocycles. The second-order valence-electron chi connectivity index (χ2n) is 7.88. The van der Waals surface area contributed by atoms with Gasteiger partial charge in [-0.3, -0.25) is 9.59 Å². The van der Waals surface area contributed by atoms with Gasteiger partial charge in [0.1, 0.15) is 5.75 Å². The molecule has 0 aliphatic carbocycles. The first kappa shape index (κ1) is 25.1. The molecule has 12 heteroatoms. The largest absolute Gasteiger partial charge is 0.493 e. The molecule has 8 nitrogen and oxygen atoms in total. The Bertz CT molecular complexity index is 1330. The quantitative estimate of drug-likeness (QED) is 0.564. The van der Waals surface area contributed by atoms with E-state index in [2.05, 4.69) is 4.99 Å². The van der Waals surface area contributed by atoms with Crippen LogP contribution in [0.2, 0.25) is 0 Å². The summed E-state index contributed by atoms with van der Waals surface area (Å²) < 4.78 is 51.3. The molecule has 0 atom stereocenters. The number of alkyl halides is 3. The van der Waals surface area contributed by atoms with Crippen molar-refractivity contribution < 1.29 is 32.2 Å². The predicted octanol–water partition coefficient (Wildman–Crippen LogP) is 4.12. The molecule has 0 spiro atoms. The first-order valence-electron chi connectivity index (χ1n) is 10.6. The number of piperazine rings is 1. The SMILES string of the molecule is COc1cc(/C=C2/SC(N3CCN(C)C(=O)C3)=NC2=O)ccc1Oc1ccc(C#N)cc1C(F)(F)F. The van der Waals surface area contributed by atoms with Gasteiger partial charge in [-0.25, -0.2) is 0 Å². The lowest BCUT2D eigenvalue weighted by Crippen LogP contribution is -2.49. The van der Waals surface area contributed by atoms with Crippen molar-refractivity contribution in [3.63, 3.8) is 0 Å². The van der Waals surface area contributed by atoms with Crippen molar-refractivity contribution in [3.05, 3.63) is 58.0 Å². The number of likely N-dealkylation sites (N-methyl/N-ethyl adjacent to an activating group) is 1. The number of hydrogen-bond donors (Lipinski definition) is 0. The highest BCUT2D eigenvalue weighted by molar-refractivity contribution is 8.18. The number of nitriles is 1. The molecule has 0 N–H and O–H groups in total. The molecule has 2 aliphatic heterocycles. The number of ether oxygens (including phenoxy) is 2. The van der Waals surface area contributed by atoms with Gasteiger partial charge in [0, 0.05) is 20.1 Å². The number of nitrogens with zero attached hydrogens (tertiary/aromatic N) is 4. The highest BCUT2D eigenvalue weighted by atomic mass is 32.2. The molecule has 4 rings (SSSR count). The normalized spacial score (nSPS) is 17.3. The van der Waals surface area contributed by atoms with E-state index in [4.69, 9.17) is 14.7 Å². The average Bonchev–Trinajstić information content (AvgIpc) is 3.21. The van der Waals surface area contributed by atoms with Gasteiger partial charge in [0.2, 0.25) is 5.91 Å². The van der Waals surface area contributed by atoms with Crippen LogP contribution in [-0.4, -0.2) is 60.6 Å². The number of benzene rings is 2. The molecule has 2 heterocycles. The van der Waals surface area contributed by atoms with E-state index in [0.29, 0.717) is 28.7 Å². The molecule has 0 radical (unpaired) electrons. The summed E-state index contributed by atoms with van der Waals surface area (Å²) in [5.41, 5.74) is -0.698. The number of carbonyl (C=O) groups is 2. The van der Waals surface area contributed by atoms with E-state index in [0.717, 1.165) is 23.9 Å². The Morgan fingerprint density at radius 2 is 1.86 bits per heavy atom. The Hall–Kier alpha value is -3.98. The van der Waals surface area contributed by atoms with Gasteiger partial charge in [-0.15, -0.1) is 0 Å². The summed E-state index contributed by atoms with van der Waals surface area (Å²) in [6.45, 7) is 1.22. The van der Waals surface area contributed by atoms with Crippen LogP contribution in [0.4, 0.5) is 13.2 Å². The van der Waals surface area contributed by atoms with Crippen molar-refractivity contribution in [2.24, 2.45) is 4.99 Å². The minimum atomic E-state index is -4.73. The minimum Gasteiger partial charge on any atom is -0.493 e. The molecule has 0 bridgehead atoms. The number of amidine groups is 1. The van der Waals surface area contributed by atoms with E-state index in [1.54, 1.807) is 35.1 Å². The Labute approximate surface area is 208 Å². The second kappa shape index (κ2) is 9.94. The van der Waals surface area contributed by atoms with Crippen molar-refractivity contribution >= 4 is 34.8 Å². The van der Waals surface area contributed by atoms with Crippen molar-refractivity contribution in [2.45, 2.75) is 6.18 Å². The summed E-state index contributed by atoms with van der Waals surface area (Å²) >= 11 is 1.15. The molecule has 2 aromatic carbocycles. The van der Waals surface area contributed by atoms with Crippen LogP contribution in [0.5, 0.6) is 17.2 Å². The molecule has 2 aliphatic rings. The van der Waals surface area contributed by atoms with E-state index in [1.807, 2.05) is 0 Å².